The third-order valence-electron chi connectivity index (χ3n) is 1.06. The lowest BCUT2D eigenvalue weighted by Gasteiger charge is -2.02. The van der Waals surface area contributed by atoms with E-state index in [4.69, 9.17) is 10.2 Å². The summed E-state index contributed by atoms with van der Waals surface area (Å²) in [5.41, 5.74) is 0. The van der Waals surface area contributed by atoms with Crippen molar-refractivity contribution >= 4 is 18.0 Å². The van der Waals surface area contributed by atoms with Crippen LogP contribution in [0.15, 0.2) is 0 Å². The minimum Gasteiger partial charge on any atom is -0.481 e. The summed E-state index contributed by atoms with van der Waals surface area (Å²) < 4.78 is 0. The van der Waals surface area contributed by atoms with Crippen LogP contribution in [0.4, 0.5) is 4.79 Å². The molecule has 0 fully saturated rings. The zero-order valence-electron chi connectivity index (χ0n) is 6.74. The Morgan fingerprint density at radius 2 is 1.69 bits per heavy atom. The quantitative estimate of drug-likeness (QED) is 0.436. The number of rotatable bonds is 5. The molecule has 0 rings (SSSR count). The van der Waals surface area contributed by atoms with Crippen molar-refractivity contribution in [1.29, 1.82) is 0 Å². The van der Waals surface area contributed by atoms with Gasteiger partial charge in [0.1, 0.15) is 0 Å². The van der Waals surface area contributed by atoms with E-state index < -0.39 is 18.0 Å². The van der Waals surface area contributed by atoms with Crippen molar-refractivity contribution in [2.75, 3.05) is 13.1 Å². The standard InChI is InChI=1S/C6H10N2O5/c9-4(3-8-6(12)13)7-2-1-5(10)11/h8H,1-3H2,(H,7,9)(H,10,11)(H,12,13). The molecule has 0 aromatic rings. The fourth-order valence-corrected chi connectivity index (χ4v) is 0.527. The van der Waals surface area contributed by atoms with Crippen LogP contribution in [0.3, 0.4) is 0 Å². The molecule has 4 N–H and O–H groups in total. The van der Waals surface area contributed by atoms with Crippen molar-refractivity contribution in [2.24, 2.45) is 0 Å². The number of hydrogen-bond donors (Lipinski definition) is 4. The number of aliphatic carboxylic acids is 1. The lowest BCUT2D eigenvalue weighted by molar-refractivity contribution is -0.136. The Morgan fingerprint density at radius 3 is 2.15 bits per heavy atom. The highest BCUT2D eigenvalue weighted by molar-refractivity contribution is 5.81. The van der Waals surface area contributed by atoms with E-state index in [0.29, 0.717) is 0 Å². The molecule has 74 valence electrons. The Hall–Kier alpha value is -1.79. The van der Waals surface area contributed by atoms with Gasteiger partial charge < -0.3 is 20.8 Å². The predicted molar refractivity (Wildman–Crippen MR) is 41.3 cm³/mol. The number of amides is 2. The maximum atomic E-state index is 10.7. The normalized spacial score (nSPS) is 8.92. The number of nitrogens with one attached hydrogen (secondary N) is 2. The zero-order chi connectivity index (χ0) is 10.3. The van der Waals surface area contributed by atoms with E-state index in [9.17, 15) is 14.4 Å². The molecule has 2 amide bonds. The third kappa shape index (κ3) is 8.11. The summed E-state index contributed by atoms with van der Waals surface area (Å²) in [6.07, 6.45) is -1.48. The van der Waals surface area contributed by atoms with Gasteiger partial charge in [0.15, 0.2) is 0 Å². The van der Waals surface area contributed by atoms with Gasteiger partial charge in [0.2, 0.25) is 5.91 Å². The van der Waals surface area contributed by atoms with Gasteiger partial charge in [-0.25, -0.2) is 4.79 Å². The van der Waals surface area contributed by atoms with Gasteiger partial charge in [-0.1, -0.05) is 0 Å². The van der Waals surface area contributed by atoms with Crippen molar-refractivity contribution in [3.8, 4) is 0 Å². The minimum absolute atomic E-state index is 0.00450. The van der Waals surface area contributed by atoms with Crippen LogP contribution < -0.4 is 10.6 Å². The van der Waals surface area contributed by atoms with E-state index in [1.165, 1.54) is 0 Å². The van der Waals surface area contributed by atoms with Crippen LogP contribution in [0, 0.1) is 0 Å². The number of carbonyl (C=O) groups excluding carboxylic acids is 1. The predicted octanol–water partition coefficient (Wildman–Crippen LogP) is -1.16. The highest BCUT2D eigenvalue weighted by atomic mass is 16.4. The van der Waals surface area contributed by atoms with Gasteiger partial charge in [-0.2, -0.15) is 0 Å². The molecule has 0 saturated carbocycles. The maximum Gasteiger partial charge on any atom is 0.405 e. The van der Waals surface area contributed by atoms with Crippen molar-refractivity contribution in [3.05, 3.63) is 0 Å². The van der Waals surface area contributed by atoms with E-state index in [2.05, 4.69) is 5.32 Å². The van der Waals surface area contributed by atoms with Crippen LogP contribution >= 0.6 is 0 Å². The lowest BCUT2D eigenvalue weighted by Crippen LogP contribution is -2.37. The lowest BCUT2D eigenvalue weighted by atomic mass is 10.4. The van der Waals surface area contributed by atoms with Gasteiger partial charge in [-0.05, 0) is 0 Å². The minimum atomic E-state index is -1.30. The fraction of sp³-hybridized carbons (Fsp3) is 0.500. The topological polar surface area (TPSA) is 116 Å². The number of hydrogen-bond acceptors (Lipinski definition) is 3. The van der Waals surface area contributed by atoms with E-state index in [0.717, 1.165) is 0 Å². The summed E-state index contributed by atoms with van der Waals surface area (Å²) in [5.74, 6) is -1.57. The molecule has 13 heavy (non-hydrogen) atoms. The molecule has 0 bridgehead atoms. The second-order valence-corrected chi connectivity index (χ2v) is 2.15. The summed E-state index contributed by atoms with van der Waals surface area (Å²) in [4.78, 5) is 30.6. The summed E-state index contributed by atoms with van der Waals surface area (Å²) in [5, 5.41) is 20.3. The smallest absolute Gasteiger partial charge is 0.405 e. The Morgan fingerprint density at radius 1 is 1.08 bits per heavy atom. The molecule has 0 atom stereocenters. The van der Waals surface area contributed by atoms with Crippen LogP contribution in [0.5, 0.6) is 0 Å². The first-order chi connectivity index (χ1) is 6.02. The van der Waals surface area contributed by atoms with Crippen molar-refractivity contribution in [3.63, 3.8) is 0 Å². The molecule has 0 radical (unpaired) electrons. The van der Waals surface area contributed by atoms with Gasteiger partial charge in [-0.15, -0.1) is 0 Å². The zero-order valence-corrected chi connectivity index (χ0v) is 6.74. The van der Waals surface area contributed by atoms with Crippen molar-refractivity contribution in [1.82, 2.24) is 10.6 Å². The maximum absolute atomic E-state index is 10.7. The van der Waals surface area contributed by atoms with Crippen LogP contribution in [-0.2, 0) is 9.59 Å². The number of carboxylic acids is 1. The summed E-state index contributed by atoms with van der Waals surface area (Å²) in [7, 11) is 0. The molecule has 0 aliphatic carbocycles. The molecule has 0 unspecified atom stereocenters. The molecule has 0 heterocycles. The summed E-state index contributed by atoms with van der Waals surface area (Å²) >= 11 is 0. The highest BCUT2D eigenvalue weighted by Gasteiger charge is 2.03. The van der Waals surface area contributed by atoms with Crippen molar-refractivity contribution < 1.29 is 24.6 Å². The number of carboxylic acid groups (broad SMARTS) is 2. The van der Waals surface area contributed by atoms with Crippen LogP contribution in [0.2, 0.25) is 0 Å². The largest absolute Gasteiger partial charge is 0.481 e. The molecule has 7 heteroatoms. The first-order valence-corrected chi connectivity index (χ1v) is 3.47. The van der Waals surface area contributed by atoms with Crippen molar-refractivity contribution in [2.45, 2.75) is 6.42 Å². The Bertz CT molecular complexity index is 215. The van der Waals surface area contributed by atoms with Crippen LogP contribution in [0.25, 0.3) is 0 Å². The molecule has 0 aromatic heterocycles. The molecule has 0 aromatic carbocycles. The molecule has 0 saturated heterocycles. The summed E-state index contributed by atoms with van der Waals surface area (Å²) in [6, 6.07) is 0. The first kappa shape index (κ1) is 11.2. The first-order valence-electron chi connectivity index (χ1n) is 3.47. The molecule has 0 spiro atoms. The van der Waals surface area contributed by atoms with Gasteiger partial charge in [-0.3, -0.25) is 9.59 Å². The second-order valence-electron chi connectivity index (χ2n) is 2.15. The Kier molecular flexibility index (Phi) is 5.01. The van der Waals surface area contributed by atoms with E-state index in [1.54, 1.807) is 0 Å². The van der Waals surface area contributed by atoms with Gasteiger partial charge in [0, 0.05) is 6.54 Å². The Labute approximate surface area is 73.7 Å². The fourth-order valence-electron chi connectivity index (χ4n) is 0.527. The molecular weight excluding hydrogens is 180 g/mol. The average molecular weight is 190 g/mol. The summed E-state index contributed by atoms with van der Waals surface area (Å²) in [6.45, 7) is -0.371. The van der Waals surface area contributed by atoms with E-state index in [1.807, 2.05) is 5.32 Å². The Balaban J connectivity index is 3.41. The van der Waals surface area contributed by atoms with Gasteiger partial charge in [0.25, 0.3) is 0 Å². The molecule has 7 nitrogen and oxygen atoms in total. The molecule has 0 aliphatic rings. The second kappa shape index (κ2) is 5.81. The monoisotopic (exact) mass is 190 g/mol. The number of carbonyl (C=O) groups is 3. The average Bonchev–Trinajstić information content (AvgIpc) is 2.00. The van der Waals surface area contributed by atoms with E-state index in [-0.39, 0.29) is 19.5 Å². The van der Waals surface area contributed by atoms with Gasteiger partial charge >= 0.3 is 12.1 Å². The molecule has 0 aliphatic heterocycles. The highest BCUT2D eigenvalue weighted by Crippen LogP contribution is 1.75. The SMILES string of the molecule is O=C(O)CCNC(=O)CNC(=O)O. The van der Waals surface area contributed by atoms with E-state index >= 15 is 0 Å². The van der Waals surface area contributed by atoms with Crippen LogP contribution in [-0.4, -0.2) is 41.3 Å². The van der Waals surface area contributed by atoms with Gasteiger partial charge in [0.05, 0.1) is 13.0 Å². The third-order valence-corrected chi connectivity index (χ3v) is 1.06. The van der Waals surface area contributed by atoms with Crippen LogP contribution in [0.1, 0.15) is 6.42 Å². The molecular formula is C6H10N2O5.